The average molecular weight is 487 g/mol. The lowest BCUT2D eigenvalue weighted by Gasteiger charge is -2.44. The van der Waals surface area contributed by atoms with Crippen LogP contribution in [0.1, 0.15) is 54.4 Å². The van der Waals surface area contributed by atoms with Crippen molar-refractivity contribution in [3.63, 3.8) is 0 Å². The molecular formula is C27H39O4PSi. The van der Waals surface area contributed by atoms with Gasteiger partial charge in [0.2, 0.25) is 0 Å². The maximum atomic E-state index is 13.1. The molecule has 2 aromatic carbocycles. The van der Waals surface area contributed by atoms with Crippen LogP contribution in [0.3, 0.4) is 0 Å². The summed E-state index contributed by atoms with van der Waals surface area (Å²) in [5.41, 5.74) is 0.933. The third-order valence-corrected chi connectivity index (χ3v) is 13.6. The fraction of sp³-hybridized carbons (Fsp3) is 0.481. The fourth-order valence-electron chi connectivity index (χ4n) is 4.66. The van der Waals surface area contributed by atoms with Gasteiger partial charge in [-0.25, -0.2) is 0 Å². The van der Waals surface area contributed by atoms with Crippen LogP contribution in [-0.2, 0) is 18.0 Å². The maximum absolute atomic E-state index is 13.1. The molecule has 6 heteroatoms. The summed E-state index contributed by atoms with van der Waals surface area (Å²) < 4.78 is 31.4. The van der Waals surface area contributed by atoms with E-state index in [1.54, 1.807) is 5.82 Å². The summed E-state index contributed by atoms with van der Waals surface area (Å²) in [4.78, 5) is 0. The van der Waals surface area contributed by atoms with Gasteiger partial charge in [-0.2, -0.15) is 0 Å². The number of hydrogen-bond acceptors (Lipinski definition) is 4. The molecule has 1 aliphatic carbocycles. The first kappa shape index (κ1) is 26.1. The van der Waals surface area contributed by atoms with E-state index < -0.39 is 15.9 Å². The molecule has 0 N–H and O–H groups in total. The van der Waals surface area contributed by atoms with Crippen molar-refractivity contribution in [3.05, 3.63) is 72.1 Å². The molecule has 180 valence electrons. The number of benzene rings is 2. The van der Waals surface area contributed by atoms with Crippen molar-refractivity contribution in [2.24, 2.45) is 5.41 Å². The molecule has 0 aromatic heterocycles. The lowest BCUT2D eigenvalue weighted by atomic mass is 10.0. The zero-order valence-electron chi connectivity index (χ0n) is 21.0. The van der Waals surface area contributed by atoms with Crippen molar-refractivity contribution in [3.8, 4) is 0 Å². The quantitative estimate of drug-likeness (QED) is 0.268. The summed E-state index contributed by atoms with van der Waals surface area (Å²) in [6, 6.07) is 21.4. The summed E-state index contributed by atoms with van der Waals surface area (Å²) in [6.45, 7) is 13.9. The largest absolute Gasteiger partial charge is 0.407 e. The molecule has 0 amide bonds. The van der Waals surface area contributed by atoms with Crippen molar-refractivity contribution in [1.82, 2.24) is 0 Å². The summed E-state index contributed by atoms with van der Waals surface area (Å²) in [7, 11) is -5.86. The van der Waals surface area contributed by atoms with Gasteiger partial charge in [-0.15, -0.1) is 0 Å². The van der Waals surface area contributed by atoms with Crippen LogP contribution in [0.15, 0.2) is 72.1 Å². The smallest absolute Gasteiger partial charge is 0.354 e. The Morgan fingerprint density at radius 2 is 1.39 bits per heavy atom. The van der Waals surface area contributed by atoms with Gasteiger partial charge < -0.3 is 13.5 Å². The molecule has 3 rings (SSSR count). The average Bonchev–Trinajstić information content (AvgIpc) is 3.56. The van der Waals surface area contributed by atoms with Gasteiger partial charge in [0, 0.05) is 17.8 Å². The summed E-state index contributed by atoms with van der Waals surface area (Å²) in [5, 5.41) is 2.47. The predicted octanol–water partition coefficient (Wildman–Crippen LogP) is 6.51. The summed E-state index contributed by atoms with van der Waals surface area (Å²) in [6.07, 6.45) is 2.04. The van der Waals surface area contributed by atoms with Crippen LogP contribution >= 0.6 is 7.60 Å². The minimum absolute atomic E-state index is 0.0741. The molecule has 2 aromatic rings. The summed E-state index contributed by atoms with van der Waals surface area (Å²) >= 11 is 0. The minimum Gasteiger partial charge on any atom is -0.407 e. The third kappa shape index (κ3) is 5.60. The molecule has 0 radical (unpaired) electrons. The molecule has 0 heterocycles. The Labute approximate surface area is 201 Å². The number of rotatable bonds is 11. The van der Waals surface area contributed by atoms with Gasteiger partial charge in [-0.3, -0.25) is 4.57 Å². The van der Waals surface area contributed by atoms with E-state index in [9.17, 15) is 4.57 Å². The molecule has 0 spiro atoms. The van der Waals surface area contributed by atoms with E-state index in [0.29, 0.717) is 19.8 Å². The van der Waals surface area contributed by atoms with Gasteiger partial charge in [0.05, 0.1) is 13.2 Å². The zero-order valence-corrected chi connectivity index (χ0v) is 22.9. The topological polar surface area (TPSA) is 44.8 Å². The maximum Gasteiger partial charge on any atom is 0.354 e. The zero-order chi connectivity index (χ0) is 24.2. The monoisotopic (exact) mass is 486 g/mol. The van der Waals surface area contributed by atoms with Crippen molar-refractivity contribution >= 4 is 26.3 Å². The van der Waals surface area contributed by atoms with Crippen LogP contribution in [0.4, 0.5) is 0 Å². The van der Waals surface area contributed by atoms with E-state index in [2.05, 4.69) is 81.4 Å². The van der Waals surface area contributed by atoms with E-state index in [-0.39, 0.29) is 10.5 Å². The van der Waals surface area contributed by atoms with Gasteiger partial charge in [0.1, 0.15) is 0 Å². The van der Waals surface area contributed by atoms with Gasteiger partial charge >= 0.3 is 7.60 Å². The van der Waals surface area contributed by atoms with E-state index >= 15 is 0 Å². The van der Waals surface area contributed by atoms with Crippen molar-refractivity contribution in [2.45, 2.75) is 59.4 Å². The SMILES string of the molecule is CCOP(=O)(/C=C(\C)C1(CO[Si](c2ccccc2)(c2ccccc2)C(C)(C)C)CC1)OCC. The highest BCUT2D eigenvalue weighted by Gasteiger charge is 2.54. The van der Waals surface area contributed by atoms with Gasteiger partial charge in [-0.05, 0) is 49.0 Å². The van der Waals surface area contributed by atoms with Gasteiger partial charge in [-0.1, -0.05) is 87.0 Å². The van der Waals surface area contributed by atoms with Crippen LogP contribution in [0.2, 0.25) is 5.04 Å². The highest BCUT2D eigenvalue weighted by Crippen LogP contribution is 2.58. The molecule has 1 aliphatic rings. The van der Waals surface area contributed by atoms with Crippen LogP contribution in [0.5, 0.6) is 0 Å². The van der Waals surface area contributed by atoms with Crippen molar-refractivity contribution < 1.29 is 18.0 Å². The highest BCUT2D eigenvalue weighted by molar-refractivity contribution is 7.57. The second-order valence-corrected chi connectivity index (χ2v) is 16.1. The normalized spacial score (nSPS) is 16.6. The molecule has 0 unspecified atom stereocenters. The van der Waals surface area contributed by atoms with Crippen molar-refractivity contribution in [1.29, 1.82) is 0 Å². The number of hydrogen-bond donors (Lipinski definition) is 0. The Morgan fingerprint density at radius 3 is 1.76 bits per heavy atom. The molecule has 33 heavy (non-hydrogen) atoms. The Kier molecular flexibility index (Phi) is 8.24. The summed E-state index contributed by atoms with van der Waals surface area (Å²) in [5.74, 6) is 1.74. The Hall–Kier alpha value is -1.49. The first-order valence-corrected chi connectivity index (χ1v) is 15.5. The second kappa shape index (κ2) is 10.4. The second-order valence-electron chi connectivity index (χ2n) is 9.92. The lowest BCUT2D eigenvalue weighted by Crippen LogP contribution is -2.67. The Morgan fingerprint density at radius 1 is 0.939 bits per heavy atom. The molecule has 0 saturated heterocycles. The molecular weight excluding hydrogens is 447 g/mol. The highest BCUT2D eigenvalue weighted by atomic mass is 31.2. The van der Waals surface area contributed by atoms with Gasteiger partial charge in [0.25, 0.3) is 8.32 Å². The molecule has 4 nitrogen and oxygen atoms in total. The third-order valence-electron chi connectivity index (χ3n) is 6.64. The molecule has 0 bridgehead atoms. The minimum atomic E-state index is -3.25. The van der Waals surface area contributed by atoms with Crippen LogP contribution in [0, 0.1) is 5.41 Å². The standard InChI is InChI=1S/C27H39O4PSi/c1-7-29-32(28,30-8-2)21-23(3)27(19-20-27)22-31-33(26(4,5)6,24-15-11-9-12-16-24)25-17-13-10-14-18-25/h9-18,21H,7-8,19-20,22H2,1-6H3/b23-21+. The first-order valence-electron chi connectivity index (χ1n) is 12.0. The van der Waals surface area contributed by atoms with E-state index in [0.717, 1.165) is 18.4 Å². The lowest BCUT2D eigenvalue weighted by molar-refractivity contribution is 0.226. The van der Waals surface area contributed by atoms with E-state index in [1.807, 2.05) is 20.8 Å². The van der Waals surface area contributed by atoms with Crippen LogP contribution < -0.4 is 10.4 Å². The molecule has 0 aliphatic heterocycles. The first-order chi connectivity index (χ1) is 15.6. The van der Waals surface area contributed by atoms with Gasteiger partial charge in [0.15, 0.2) is 0 Å². The molecule has 1 saturated carbocycles. The Balaban J connectivity index is 2.00. The molecule has 1 fully saturated rings. The van der Waals surface area contributed by atoms with E-state index in [1.165, 1.54) is 10.4 Å². The van der Waals surface area contributed by atoms with Crippen LogP contribution in [-0.4, -0.2) is 28.1 Å². The van der Waals surface area contributed by atoms with E-state index in [4.69, 9.17) is 13.5 Å². The fourth-order valence-corrected chi connectivity index (χ4v) is 11.0. The predicted molar refractivity (Wildman–Crippen MR) is 140 cm³/mol. The van der Waals surface area contributed by atoms with Crippen molar-refractivity contribution in [2.75, 3.05) is 19.8 Å². The van der Waals surface area contributed by atoms with Crippen LogP contribution in [0.25, 0.3) is 0 Å². The Bertz CT molecular complexity index is 929. The molecule has 0 atom stereocenters.